The van der Waals surface area contributed by atoms with E-state index < -0.39 is 6.10 Å². The molecule has 3 nitrogen and oxygen atoms in total. The second-order valence-corrected chi connectivity index (χ2v) is 3.84. The van der Waals surface area contributed by atoms with Gasteiger partial charge >= 0.3 is 0 Å². The molecule has 0 spiro atoms. The van der Waals surface area contributed by atoms with Gasteiger partial charge in [-0.1, -0.05) is 12.1 Å². The average Bonchev–Trinajstić information content (AvgIpc) is 2.31. The number of pyridine rings is 2. The minimum absolute atomic E-state index is 0.546. The molecule has 1 N–H and O–H groups in total. The number of rotatable bonds is 3. The third kappa shape index (κ3) is 2.64. The van der Waals surface area contributed by atoms with Crippen LogP contribution in [0.2, 0.25) is 0 Å². The van der Waals surface area contributed by atoms with Crippen molar-refractivity contribution in [2.45, 2.75) is 19.4 Å². The zero-order chi connectivity index (χ0) is 11.4. The van der Waals surface area contributed by atoms with Crippen molar-refractivity contribution in [2.75, 3.05) is 0 Å². The maximum atomic E-state index is 9.97. The number of aryl methyl sites for hydroxylation is 1. The molecule has 1 unspecified atom stereocenters. The van der Waals surface area contributed by atoms with E-state index in [0.29, 0.717) is 12.1 Å². The fourth-order valence-electron chi connectivity index (χ4n) is 1.52. The van der Waals surface area contributed by atoms with Crippen molar-refractivity contribution in [3.8, 4) is 0 Å². The van der Waals surface area contributed by atoms with Crippen LogP contribution in [0.4, 0.5) is 0 Å². The normalized spacial score (nSPS) is 12.4. The molecule has 0 aliphatic heterocycles. The van der Waals surface area contributed by atoms with Crippen molar-refractivity contribution < 1.29 is 5.11 Å². The lowest BCUT2D eigenvalue weighted by atomic mass is 10.1. The van der Waals surface area contributed by atoms with Gasteiger partial charge in [-0.2, -0.15) is 0 Å². The predicted octanol–water partition coefficient (Wildman–Crippen LogP) is 2.06. The first kappa shape index (κ1) is 10.8. The highest BCUT2D eigenvalue weighted by Crippen LogP contribution is 2.15. The largest absolute Gasteiger partial charge is 0.386 e. The lowest BCUT2D eigenvalue weighted by molar-refractivity contribution is 0.173. The number of aliphatic hydroxyl groups is 1. The zero-order valence-corrected chi connectivity index (χ0v) is 9.17. The van der Waals surface area contributed by atoms with Crippen LogP contribution in [0.3, 0.4) is 0 Å². The molecule has 2 aromatic heterocycles. The molecular weight excluding hydrogens is 200 g/mol. The highest BCUT2D eigenvalue weighted by Gasteiger charge is 2.09. The third-order valence-corrected chi connectivity index (χ3v) is 2.43. The molecule has 2 heterocycles. The van der Waals surface area contributed by atoms with Gasteiger partial charge in [-0.3, -0.25) is 9.97 Å². The Balaban J connectivity index is 2.09. The first-order chi connectivity index (χ1) is 7.75. The molecule has 2 rings (SSSR count). The van der Waals surface area contributed by atoms with Crippen molar-refractivity contribution in [1.82, 2.24) is 9.97 Å². The van der Waals surface area contributed by atoms with E-state index in [0.717, 1.165) is 11.1 Å². The summed E-state index contributed by atoms with van der Waals surface area (Å²) in [5.74, 6) is 0. The zero-order valence-electron chi connectivity index (χ0n) is 9.17. The fraction of sp³-hybridized carbons (Fsp3) is 0.231. The van der Waals surface area contributed by atoms with E-state index in [4.69, 9.17) is 0 Å². The topological polar surface area (TPSA) is 46.0 Å². The van der Waals surface area contributed by atoms with E-state index in [-0.39, 0.29) is 0 Å². The van der Waals surface area contributed by atoms with Gasteiger partial charge in [-0.15, -0.1) is 0 Å². The van der Waals surface area contributed by atoms with Crippen LogP contribution in [0.15, 0.2) is 42.9 Å². The molecule has 0 bridgehead atoms. The average molecular weight is 214 g/mol. The van der Waals surface area contributed by atoms with E-state index in [9.17, 15) is 5.11 Å². The minimum atomic E-state index is -0.565. The van der Waals surface area contributed by atoms with Gasteiger partial charge in [0.15, 0.2) is 0 Å². The molecule has 3 heteroatoms. The molecule has 0 aliphatic carbocycles. The summed E-state index contributed by atoms with van der Waals surface area (Å²) in [4.78, 5) is 8.22. The summed E-state index contributed by atoms with van der Waals surface area (Å²) < 4.78 is 0. The molecule has 0 aliphatic rings. The molecule has 0 saturated carbocycles. The van der Waals surface area contributed by atoms with Crippen molar-refractivity contribution in [3.05, 3.63) is 59.7 Å². The van der Waals surface area contributed by atoms with Crippen LogP contribution in [0.1, 0.15) is 22.9 Å². The van der Waals surface area contributed by atoms with Gasteiger partial charge in [0.1, 0.15) is 0 Å². The fourth-order valence-corrected chi connectivity index (χ4v) is 1.52. The van der Waals surface area contributed by atoms with E-state index in [1.807, 2.05) is 31.2 Å². The van der Waals surface area contributed by atoms with Crippen LogP contribution in [0, 0.1) is 6.92 Å². The highest BCUT2D eigenvalue weighted by molar-refractivity contribution is 5.17. The van der Waals surface area contributed by atoms with Crippen molar-refractivity contribution in [3.63, 3.8) is 0 Å². The van der Waals surface area contributed by atoms with Crippen LogP contribution < -0.4 is 0 Å². The van der Waals surface area contributed by atoms with E-state index in [1.165, 1.54) is 0 Å². The van der Waals surface area contributed by atoms with Crippen molar-refractivity contribution >= 4 is 0 Å². The quantitative estimate of drug-likeness (QED) is 0.850. The van der Waals surface area contributed by atoms with Crippen LogP contribution in [-0.4, -0.2) is 15.1 Å². The molecule has 16 heavy (non-hydrogen) atoms. The first-order valence-corrected chi connectivity index (χ1v) is 5.25. The Morgan fingerprint density at radius 3 is 2.75 bits per heavy atom. The third-order valence-electron chi connectivity index (χ3n) is 2.43. The van der Waals surface area contributed by atoms with Gasteiger partial charge in [0.05, 0.1) is 11.8 Å². The highest BCUT2D eigenvalue weighted by atomic mass is 16.3. The molecule has 0 amide bonds. The Kier molecular flexibility index (Phi) is 3.27. The molecule has 0 fully saturated rings. The van der Waals surface area contributed by atoms with Gasteiger partial charge in [0, 0.05) is 25.0 Å². The smallest absolute Gasteiger partial charge is 0.1000 e. The van der Waals surface area contributed by atoms with Crippen molar-refractivity contribution in [2.24, 2.45) is 0 Å². The minimum Gasteiger partial charge on any atom is -0.386 e. The van der Waals surface area contributed by atoms with Gasteiger partial charge < -0.3 is 5.11 Å². The van der Waals surface area contributed by atoms with Gasteiger partial charge in [-0.05, 0) is 30.2 Å². The second kappa shape index (κ2) is 4.86. The monoisotopic (exact) mass is 214 g/mol. The van der Waals surface area contributed by atoms with Gasteiger partial charge in [-0.25, -0.2) is 0 Å². The lowest BCUT2D eigenvalue weighted by Crippen LogP contribution is -2.04. The van der Waals surface area contributed by atoms with Gasteiger partial charge in [0.2, 0.25) is 0 Å². The first-order valence-electron chi connectivity index (χ1n) is 5.25. The summed E-state index contributed by atoms with van der Waals surface area (Å²) >= 11 is 0. The summed E-state index contributed by atoms with van der Waals surface area (Å²) in [5, 5.41) is 9.97. The summed E-state index contributed by atoms with van der Waals surface area (Å²) in [5.41, 5.74) is 2.81. The SMILES string of the molecule is Cc1ccc(C(O)Cc2cccnc2)nc1. The van der Waals surface area contributed by atoms with Crippen LogP contribution >= 0.6 is 0 Å². The lowest BCUT2D eigenvalue weighted by Gasteiger charge is -2.09. The molecule has 0 aromatic carbocycles. The molecule has 2 aromatic rings. The number of aromatic nitrogens is 2. The van der Waals surface area contributed by atoms with Crippen molar-refractivity contribution in [1.29, 1.82) is 0 Å². The Bertz CT molecular complexity index is 439. The number of nitrogens with zero attached hydrogens (tertiary/aromatic N) is 2. The van der Waals surface area contributed by atoms with Crippen LogP contribution in [-0.2, 0) is 6.42 Å². The number of hydrogen-bond acceptors (Lipinski definition) is 3. The second-order valence-electron chi connectivity index (χ2n) is 3.84. The predicted molar refractivity (Wildman–Crippen MR) is 61.9 cm³/mol. The molecule has 82 valence electrons. The van der Waals surface area contributed by atoms with E-state index in [1.54, 1.807) is 18.6 Å². The summed E-state index contributed by atoms with van der Waals surface area (Å²) in [6.07, 6.45) is 5.23. The standard InChI is InChI=1S/C13H14N2O/c1-10-4-5-12(15-8-10)13(16)7-11-3-2-6-14-9-11/h2-6,8-9,13,16H,7H2,1H3. The summed E-state index contributed by atoms with van der Waals surface area (Å²) in [6, 6.07) is 7.63. The Hall–Kier alpha value is -1.74. The molecule has 0 saturated heterocycles. The molecule has 1 atom stereocenters. The van der Waals surface area contributed by atoms with E-state index in [2.05, 4.69) is 9.97 Å². The van der Waals surface area contributed by atoms with Crippen LogP contribution in [0.25, 0.3) is 0 Å². The van der Waals surface area contributed by atoms with E-state index >= 15 is 0 Å². The number of aliphatic hydroxyl groups excluding tert-OH is 1. The molecular formula is C13H14N2O. The Morgan fingerprint density at radius 2 is 2.12 bits per heavy atom. The summed E-state index contributed by atoms with van der Waals surface area (Å²) in [7, 11) is 0. The number of hydrogen-bond donors (Lipinski definition) is 1. The van der Waals surface area contributed by atoms with Crippen LogP contribution in [0.5, 0.6) is 0 Å². The Labute approximate surface area is 94.8 Å². The molecule has 0 radical (unpaired) electrons. The maximum Gasteiger partial charge on any atom is 0.1000 e. The summed E-state index contributed by atoms with van der Waals surface area (Å²) in [6.45, 7) is 1.98. The Morgan fingerprint density at radius 1 is 1.25 bits per heavy atom. The maximum absolute atomic E-state index is 9.97. The van der Waals surface area contributed by atoms with Gasteiger partial charge in [0.25, 0.3) is 0 Å².